The van der Waals surface area contributed by atoms with Crippen LogP contribution in [0.25, 0.3) is 0 Å². The van der Waals surface area contributed by atoms with E-state index in [9.17, 15) is 14.4 Å². The van der Waals surface area contributed by atoms with E-state index in [1.165, 1.54) is 18.4 Å². The quantitative estimate of drug-likeness (QED) is 0.271. The molecule has 11 nitrogen and oxygen atoms in total. The summed E-state index contributed by atoms with van der Waals surface area (Å²) in [5, 5.41) is 10.3. The van der Waals surface area contributed by atoms with E-state index in [0.717, 1.165) is 30.1 Å². The van der Waals surface area contributed by atoms with Gasteiger partial charge in [0.15, 0.2) is 10.8 Å². The summed E-state index contributed by atoms with van der Waals surface area (Å²) in [6, 6.07) is 5.99. The van der Waals surface area contributed by atoms with Crippen molar-refractivity contribution in [2.75, 3.05) is 34.8 Å². The maximum atomic E-state index is 13.3. The first-order chi connectivity index (χ1) is 18.2. The first-order valence-corrected chi connectivity index (χ1v) is 13.4. The van der Waals surface area contributed by atoms with Gasteiger partial charge in [-0.1, -0.05) is 17.3 Å². The topological polar surface area (TPSA) is 142 Å². The van der Waals surface area contributed by atoms with E-state index in [2.05, 4.69) is 25.7 Å². The molecule has 1 saturated carbocycles. The minimum Gasteiger partial charge on any atom is -0.397 e. The molecule has 3 amide bonds. The van der Waals surface area contributed by atoms with Crippen molar-refractivity contribution in [3.8, 4) is 0 Å². The molecule has 0 spiro atoms. The molecule has 3 unspecified atom stereocenters. The van der Waals surface area contributed by atoms with Gasteiger partial charge in [0.05, 0.1) is 11.7 Å². The molecule has 4 rings (SSSR count). The number of carbonyl (C=O) groups is 3. The molecule has 1 aliphatic heterocycles. The Balaban J connectivity index is 1.51. The molecular weight excluding hydrogens is 506 g/mol. The van der Waals surface area contributed by atoms with Crippen LogP contribution in [-0.4, -0.2) is 85.2 Å². The number of nitrogens with zero attached hydrogens (tertiary/aromatic N) is 4. The van der Waals surface area contributed by atoms with Gasteiger partial charge in [-0.3, -0.25) is 14.4 Å². The molecule has 12 heteroatoms. The fourth-order valence-corrected chi connectivity index (χ4v) is 6.06. The Labute approximate surface area is 226 Å². The predicted octanol–water partition coefficient (Wildman–Crippen LogP) is 1.18. The van der Waals surface area contributed by atoms with E-state index < -0.39 is 6.04 Å². The Hall–Kier alpha value is -3.51. The summed E-state index contributed by atoms with van der Waals surface area (Å²) >= 11 is 1.41. The third-order valence-electron chi connectivity index (χ3n) is 7.00. The number of nitrogens with two attached hydrogens (primary N) is 1. The second kappa shape index (κ2) is 11.9. The lowest BCUT2D eigenvalue weighted by Gasteiger charge is -2.37. The van der Waals surface area contributed by atoms with Crippen molar-refractivity contribution >= 4 is 34.9 Å². The van der Waals surface area contributed by atoms with Gasteiger partial charge < -0.3 is 31.0 Å². The van der Waals surface area contributed by atoms with E-state index in [1.54, 1.807) is 43.3 Å². The van der Waals surface area contributed by atoms with Crippen LogP contribution in [0.4, 0.5) is 0 Å². The zero-order chi connectivity index (χ0) is 27.4. The van der Waals surface area contributed by atoms with Gasteiger partial charge >= 0.3 is 0 Å². The van der Waals surface area contributed by atoms with Crippen LogP contribution in [0.2, 0.25) is 0 Å². The van der Waals surface area contributed by atoms with E-state index >= 15 is 0 Å². The van der Waals surface area contributed by atoms with Crippen LogP contribution >= 0.6 is 11.3 Å². The van der Waals surface area contributed by atoms with E-state index in [4.69, 9.17) is 10.6 Å². The average Bonchev–Trinajstić information content (AvgIpc) is 3.32. The number of likely N-dealkylation sites (N-methyl/N-ethyl adjacent to an activating group) is 1. The third kappa shape index (κ3) is 6.30. The van der Waals surface area contributed by atoms with Crippen LogP contribution in [0.5, 0.6) is 0 Å². The SMILES string of the molecule is CON=C(N)c1cccc(C(=O)NC2CCC(C(=O)N(C)C)CC2NC(=O)c2nc3c(s2)CN(C)CC3)c1. The average molecular weight is 542 g/mol. The number of rotatable bonds is 7. The molecule has 1 fully saturated rings. The first kappa shape index (κ1) is 27.5. The van der Waals surface area contributed by atoms with Gasteiger partial charge in [0.2, 0.25) is 5.91 Å². The van der Waals surface area contributed by atoms with Crippen molar-refractivity contribution < 1.29 is 19.2 Å². The molecule has 1 aliphatic carbocycles. The fourth-order valence-electron chi connectivity index (χ4n) is 4.97. The van der Waals surface area contributed by atoms with Crippen molar-refractivity contribution in [1.29, 1.82) is 0 Å². The predicted molar refractivity (Wildman–Crippen MR) is 145 cm³/mol. The lowest BCUT2D eigenvalue weighted by atomic mass is 9.81. The Bertz CT molecular complexity index is 1230. The summed E-state index contributed by atoms with van der Waals surface area (Å²) in [7, 11) is 6.90. The molecule has 4 N–H and O–H groups in total. The lowest BCUT2D eigenvalue weighted by Crippen LogP contribution is -2.55. The van der Waals surface area contributed by atoms with Gasteiger partial charge in [0, 0.05) is 61.6 Å². The minimum atomic E-state index is -0.430. The summed E-state index contributed by atoms with van der Waals surface area (Å²) in [5.41, 5.74) is 7.85. The highest BCUT2D eigenvalue weighted by Gasteiger charge is 2.37. The van der Waals surface area contributed by atoms with Gasteiger partial charge in [0.25, 0.3) is 11.8 Å². The van der Waals surface area contributed by atoms with Crippen molar-refractivity contribution in [2.45, 2.75) is 44.3 Å². The molecule has 3 atom stereocenters. The number of benzene rings is 1. The van der Waals surface area contributed by atoms with Crippen LogP contribution in [0.1, 0.15) is 55.6 Å². The molecule has 1 aromatic carbocycles. The standard InChI is InChI=1S/C26H35N7O4S/c1-32(2)26(36)17-8-9-18(28-23(34)16-7-5-6-15(12-16)22(27)31-37-4)20(13-17)29-24(35)25-30-19-10-11-33(3)14-21(19)38-25/h5-7,12,17-18,20H,8-11,13-14H2,1-4H3,(H2,27,31)(H,28,34)(H,29,35). The number of carbonyl (C=O) groups excluding carboxylic acids is 3. The maximum absolute atomic E-state index is 13.3. The highest BCUT2D eigenvalue weighted by atomic mass is 32.1. The first-order valence-electron chi connectivity index (χ1n) is 12.6. The van der Waals surface area contributed by atoms with Crippen LogP contribution < -0.4 is 16.4 Å². The molecule has 38 heavy (non-hydrogen) atoms. The second-order valence-electron chi connectivity index (χ2n) is 10.0. The Morgan fingerprint density at radius 2 is 1.89 bits per heavy atom. The van der Waals surface area contributed by atoms with Crippen LogP contribution in [0, 0.1) is 5.92 Å². The van der Waals surface area contributed by atoms with Gasteiger partial charge in [-0.05, 0) is 38.4 Å². The number of aromatic nitrogens is 1. The van der Waals surface area contributed by atoms with Gasteiger partial charge in [0.1, 0.15) is 7.11 Å². The number of nitrogens with one attached hydrogen (secondary N) is 2. The van der Waals surface area contributed by atoms with Crippen molar-refractivity contribution in [1.82, 2.24) is 25.4 Å². The normalized spacial score (nSPS) is 21.8. The van der Waals surface area contributed by atoms with Gasteiger partial charge in [-0.15, -0.1) is 11.3 Å². The zero-order valence-corrected chi connectivity index (χ0v) is 23.0. The highest BCUT2D eigenvalue weighted by Crippen LogP contribution is 2.28. The fraction of sp³-hybridized carbons (Fsp3) is 0.500. The number of thiazole rings is 1. The number of hydrogen-bond acceptors (Lipinski definition) is 8. The summed E-state index contributed by atoms with van der Waals surface area (Å²) in [4.78, 5) is 53.4. The monoisotopic (exact) mass is 541 g/mol. The summed E-state index contributed by atoms with van der Waals surface area (Å²) in [6.07, 6.45) is 2.40. The van der Waals surface area contributed by atoms with Gasteiger partial charge in [-0.2, -0.15) is 0 Å². The molecule has 2 aromatic rings. The Kier molecular flexibility index (Phi) is 8.62. The molecule has 0 radical (unpaired) electrons. The number of fused-ring (bicyclic) bond motifs is 1. The van der Waals surface area contributed by atoms with E-state index in [1.807, 2.05) is 7.05 Å². The maximum Gasteiger partial charge on any atom is 0.280 e. The molecule has 2 heterocycles. The third-order valence-corrected chi connectivity index (χ3v) is 8.08. The molecule has 204 valence electrons. The van der Waals surface area contributed by atoms with E-state index in [-0.39, 0.29) is 35.5 Å². The number of amides is 3. The largest absolute Gasteiger partial charge is 0.397 e. The van der Waals surface area contributed by atoms with Crippen molar-refractivity contribution in [2.24, 2.45) is 16.8 Å². The molecule has 1 aromatic heterocycles. The van der Waals surface area contributed by atoms with Crippen LogP contribution in [0.15, 0.2) is 29.4 Å². The van der Waals surface area contributed by atoms with Gasteiger partial charge in [-0.25, -0.2) is 4.98 Å². The smallest absolute Gasteiger partial charge is 0.280 e. The minimum absolute atomic E-state index is 0.0161. The van der Waals surface area contributed by atoms with Crippen LogP contribution in [-0.2, 0) is 22.6 Å². The van der Waals surface area contributed by atoms with E-state index in [0.29, 0.717) is 35.4 Å². The molecule has 0 saturated heterocycles. The Morgan fingerprint density at radius 1 is 1.16 bits per heavy atom. The number of hydrogen-bond donors (Lipinski definition) is 3. The molecule has 0 bridgehead atoms. The second-order valence-corrected chi connectivity index (χ2v) is 11.1. The Morgan fingerprint density at radius 3 is 2.63 bits per heavy atom. The van der Waals surface area contributed by atoms with Crippen molar-refractivity contribution in [3.63, 3.8) is 0 Å². The summed E-state index contributed by atoms with van der Waals surface area (Å²) in [5.74, 6) is -0.643. The molecular formula is C26H35N7O4S. The number of amidine groups is 1. The summed E-state index contributed by atoms with van der Waals surface area (Å²) in [6.45, 7) is 1.69. The summed E-state index contributed by atoms with van der Waals surface area (Å²) < 4.78 is 0. The lowest BCUT2D eigenvalue weighted by molar-refractivity contribution is -0.134. The van der Waals surface area contributed by atoms with Crippen LogP contribution in [0.3, 0.4) is 0 Å². The number of oxime groups is 1. The molecule has 2 aliphatic rings. The van der Waals surface area contributed by atoms with Crippen molar-refractivity contribution in [3.05, 3.63) is 51.0 Å². The highest BCUT2D eigenvalue weighted by molar-refractivity contribution is 7.13. The zero-order valence-electron chi connectivity index (χ0n) is 22.2.